The van der Waals surface area contributed by atoms with Crippen molar-refractivity contribution >= 4 is 24.8 Å². The van der Waals surface area contributed by atoms with Gasteiger partial charge in [-0.25, -0.2) is 0 Å². The highest BCUT2D eigenvalue weighted by Crippen LogP contribution is 2.24. The van der Waals surface area contributed by atoms with E-state index in [0.29, 0.717) is 5.75 Å². The predicted molar refractivity (Wildman–Crippen MR) is 68.9 cm³/mol. The van der Waals surface area contributed by atoms with Crippen molar-refractivity contribution in [3.05, 3.63) is 23.8 Å². The van der Waals surface area contributed by atoms with Gasteiger partial charge in [-0.15, -0.1) is 24.8 Å². The number of phenolic OH excluding ortho intramolecular Hbond substituents is 1. The fourth-order valence-corrected chi connectivity index (χ4v) is 1.26. The van der Waals surface area contributed by atoms with Gasteiger partial charge >= 0.3 is 0 Å². The van der Waals surface area contributed by atoms with E-state index in [-0.39, 0.29) is 26.2 Å². The van der Waals surface area contributed by atoms with Crippen LogP contribution in [0.2, 0.25) is 0 Å². The summed E-state index contributed by atoms with van der Waals surface area (Å²) in [4.78, 5) is 0. The van der Waals surface area contributed by atoms with Gasteiger partial charge in [0, 0.05) is 1.43 Å². The van der Waals surface area contributed by atoms with Crippen molar-refractivity contribution in [2.45, 2.75) is 26.2 Å². The first-order valence-electron chi connectivity index (χ1n) is 4.63. The maximum absolute atomic E-state index is 9.50. The van der Waals surface area contributed by atoms with Crippen LogP contribution in [0.15, 0.2) is 18.2 Å². The van der Waals surface area contributed by atoms with E-state index < -0.39 is 0 Å². The van der Waals surface area contributed by atoms with E-state index in [0.717, 1.165) is 30.6 Å². The molecular weight excluding hydrogens is 235 g/mol. The van der Waals surface area contributed by atoms with Crippen LogP contribution in [0.5, 0.6) is 11.5 Å². The molecule has 0 spiro atoms. The molecule has 0 aliphatic heterocycles. The fraction of sp³-hybridized carbons (Fsp3) is 0.455. The van der Waals surface area contributed by atoms with Gasteiger partial charge in [0.15, 0.2) is 0 Å². The lowest BCUT2D eigenvalue weighted by Crippen LogP contribution is -1.88. The standard InChI is InChI=1S/C11H16O2.2ClH.H/c1-3-4-5-9-8-10(13-2)6-7-11(9)12;;;/h6-8,12H,3-5H2,1-2H3;2*1H;/i;;;1+1. The normalized spacial score (nSPS) is 8.67. The topological polar surface area (TPSA) is 29.5 Å². The minimum Gasteiger partial charge on any atom is -0.508 e. The molecule has 0 heterocycles. The summed E-state index contributed by atoms with van der Waals surface area (Å²) in [5, 5.41) is 9.50. The first-order chi connectivity index (χ1) is 6.27. The summed E-state index contributed by atoms with van der Waals surface area (Å²) >= 11 is 0. The third kappa shape index (κ3) is 5.14. The molecule has 0 bridgehead atoms. The molecule has 15 heavy (non-hydrogen) atoms. The van der Waals surface area contributed by atoms with E-state index in [9.17, 15) is 5.11 Å². The second-order valence-electron chi connectivity index (χ2n) is 3.10. The van der Waals surface area contributed by atoms with Crippen molar-refractivity contribution in [3.63, 3.8) is 0 Å². The van der Waals surface area contributed by atoms with Crippen molar-refractivity contribution < 1.29 is 11.3 Å². The van der Waals surface area contributed by atoms with Crippen LogP contribution in [-0.2, 0) is 6.42 Å². The van der Waals surface area contributed by atoms with Gasteiger partial charge in [-0.2, -0.15) is 0 Å². The SMILES string of the molecule is CCCCc1cc(OC)ccc1O.Cl.Cl.[2H]. The summed E-state index contributed by atoms with van der Waals surface area (Å²) in [6.07, 6.45) is 3.15. The summed E-state index contributed by atoms with van der Waals surface area (Å²) in [5.74, 6) is 1.18. The number of hydrogen-bond acceptors (Lipinski definition) is 2. The van der Waals surface area contributed by atoms with Crippen LogP contribution in [-0.4, -0.2) is 12.2 Å². The highest BCUT2D eigenvalue weighted by Gasteiger charge is 2.01. The molecule has 2 nitrogen and oxygen atoms in total. The number of phenols is 1. The lowest BCUT2D eigenvalue weighted by molar-refractivity contribution is 0.410. The highest BCUT2D eigenvalue weighted by molar-refractivity contribution is 5.85. The maximum atomic E-state index is 9.50. The van der Waals surface area contributed by atoms with Crippen molar-refractivity contribution in [3.8, 4) is 11.5 Å². The fourth-order valence-electron chi connectivity index (χ4n) is 1.26. The van der Waals surface area contributed by atoms with Gasteiger partial charge in [-0.3, -0.25) is 0 Å². The van der Waals surface area contributed by atoms with Gasteiger partial charge in [0.2, 0.25) is 0 Å². The Kier molecular flexibility index (Phi) is 9.74. The Morgan fingerprint density at radius 3 is 2.53 bits per heavy atom. The quantitative estimate of drug-likeness (QED) is 0.888. The molecule has 0 amide bonds. The zero-order chi connectivity index (χ0) is 9.68. The molecule has 0 atom stereocenters. The van der Waals surface area contributed by atoms with Gasteiger partial charge in [-0.05, 0) is 36.6 Å². The smallest absolute Gasteiger partial charge is 0.119 e. The molecular formula is C11H19Cl2O2. The summed E-state index contributed by atoms with van der Waals surface area (Å²) in [6.45, 7) is 2.14. The van der Waals surface area contributed by atoms with Gasteiger partial charge in [0.05, 0.1) is 7.11 Å². The number of methoxy groups -OCH3 is 1. The molecule has 1 N–H and O–H groups in total. The van der Waals surface area contributed by atoms with Gasteiger partial charge < -0.3 is 9.84 Å². The molecule has 89 valence electrons. The van der Waals surface area contributed by atoms with Gasteiger partial charge in [-0.1, -0.05) is 13.3 Å². The summed E-state index contributed by atoms with van der Waals surface area (Å²) < 4.78 is 5.08. The molecule has 1 rings (SSSR count). The van der Waals surface area contributed by atoms with Crippen LogP contribution >= 0.6 is 24.8 Å². The van der Waals surface area contributed by atoms with E-state index in [1.54, 1.807) is 19.2 Å². The van der Waals surface area contributed by atoms with Gasteiger partial charge in [0.1, 0.15) is 11.5 Å². The van der Waals surface area contributed by atoms with E-state index >= 15 is 0 Å². The zero-order valence-electron chi connectivity index (χ0n) is 10.0. The molecule has 0 aliphatic carbocycles. The summed E-state index contributed by atoms with van der Waals surface area (Å²) in [7, 11) is 1.63. The number of aromatic hydroxyl groups is 1. The Hall–Kier alpha value is -0.600. The largest absolute Gasteiger partial charge is 0.508 e. The third-order valence-corrected chi connectivity index (χ3v) is 2.09. The van der Waals surface area contributed by atoms with Crippen LogP contribution in [0.25, 0.3) is 0 Å². The Morgan fingerprint density at radius 1 is 1.33 bits per heavy atom. The molecule has 0 aliphatic rings. The lowest BCUT2D eigenvalue weighted by Gasteiger charge is -2.06. The molecule has 0 fully saturated rings. The van der Waals surface area contributed by atoms with Crippen molar-refractivity contribution in [1.29, 1.82) is 0 Å². The van der Waals surface area contributed by atoms with Crippen molar-refractivity contribution in [1.82, 2.24) is 0 Å². The third-order valence-electron chi connectivity index (χ3n) is 2.09. The zero-order valence-corrected chi connectivity index (χ0v) is 10.7. The van der Waals surface area contributed by atoms with Crippen LogP contribution < -0.4 is 4.74 Å². The molecule has 1 radical (unpaired) electrons. The average molecular weight is 255 g/mol. The number of unbranched alkanes of at least 4 members (excludes halogenated alkanes) is 1. The first-order valence-corrected chi connectivity index (χ1v) is 4.63. The predicted octanol–water partition coefficient (Wildman–Crippen LogP) is 3.70. The highest BCUT2D eigenvalue weighted by atomic mass is 35.5. The Labute approximate surface area is 105 Å². The Morgan fingerprint density at radius 2 is 2.00 bits per heavy atom. The van der Waals surface area contributed by atoms with Crippen LogP contribution in [0.4, 0.5) is 0 Å². The van der Waals surface area contributed by atoms with E-state index in [1.807, 2.05) is 6.07 Å². The Bertz CT molecular complexity index is 283. The molecule has 4 heteroatoms. The van der Waals surface area contributed by atoms with Crippen molar-refractivity contribution in [2.75, 3.05) is 7.11 Å². The Balaban J connectivity index is -0.000000563. The van der Waals surface area contributed by atoms with Crippen LogP contribution in [0, 0.1) is 0 Å². The molecule has 0 saturated heterocycles. The molecule has 0 saturated carbocycles. The minimum atomic E-state index is 0. The number of hydrogen-bond donors (Lipinski definition) is 1. The summed E-state index contributed by atoms with van der Waals surface area (Å²) in [6, 6.07) is 5.35. The average Bonchev–Trinajstić information content (AvgIpc) is 2.17. The van der Waals surface area contributed by atoms with Gasteiger partial charge in [0.25, 0.3) is 0 Å². The van der Waals surface area contributed by atoms with E-state index in [2.05, 4.69) is 6.92 Å². The number of benzene rings is 1. The minimum absolute atomic E-state index is 0. The van der Waals surface area contributed by atoms with Crippen LogP contribution in [0.3, 0.4) is 0 Å². The van der Waals surface area contributed by atoms with E-state index in [4.69, 9.17) is 4.74 Å². The first kappa shape index (κ1) is 16.8. The number of rotatable bonds is 4. The van der Waals surface area contributed by atoms with E-state index in [1.165, 1.54) is 0 Å². The number of halogens is 2. The van der Waals surface area contributed by atoms with Crippen LogP contribution in [0.1, 0.15) is 26.8 Å². The molecule has 1 aromatic carbocycles. The number of ether oxygens (including phenoxy) is 1. The molecule has 0 unspecified atom stereocenters. The second-order valence-corrected chi connectivity index (χ2v) is 3.10. The lowest BCUT2D eigenvalue weighted by atomic mass is 10.1. The molecule has 1 aromatic rings. The van der Waals surface area contributed by atoms with Crippen molar-refractivity contribution in [2.24, 2.45) is 0 Å². The number of aryl methyl sites for hydroxylation is 1. The second kappa shape index (κ2) is 8.69. The monoisotopic (exact) mass is 254 g/mol. The summed E-state index contributed by atoms with van der Waals surface area (Å²) in [5.41, 5.74) is 0.973. The molecule has 0 aromatic heterocycles. The maximum Gasteiger partial charge on any atom is 0.119 e.